The monoisotopic (exact) mass is 258 g/mol. The average Bonchev–Trinajstić information content (AvgIpc) is 2.89. The molecule has 2 amide bonds. The molecule has 0 saturated carbocycles. The number of aromatic nitrogens is 1. The first kappa shape index (κ1) is 13.2. The van der Waals surface area contributed by atoms with E-state index in [1.807, 2.05) is 42.6 Å². The number of carbonyl (C=O) groups excluding carboxylic acids is 1. The van der Waals surface area contributed by atoms with Crippen LogP contribution in [0.4, 0.5) is 10.5 Å². The molecular formula is C14H18N4O. The highest BCUT2D eigenvalue weighted by atomic mass is 16.2. The Labute approximate surface area is 112 Å². The lowest BCUT2D eigenvalue weighted by molar-refractivity contribution is 0.259. The van der Waals surface area contributed by atoms with Gasteiger partial charge in [0.05, 0.1) is 0 Å². The fourth-order valence-electron chi connectivity index (χ4n) is 1.86. The van der Waals surface area contributed by atoms with E-state index >= 15 is 0 Å². The second-order valence-corrected chi connectivity index (χ2v) is 4.41. The molecule has 1 unspecified atom stereocenters. The highest BCUT2D eigenvalue weighted by Crippen LogP contribution is 2.16. The van der Waals surface area contributed by atoms with Gasteiger partial charge in [-0.2, -0.15) is 0 Å². The van der Waals surface area contributed by atoms with Crippen LogP contribution in [-0.2, 0) is 6.54 Å². The highest BCUT2D eigenvalue weighted by molar-refractivity contribution is 5.87. The lowest BCUT2D eigenvalue weighted by atomic mass is 10.1. The molecule has 0 bridgehead atoms. The van der Waals surface area contributed by atoms with Crippen LogP contribution < -0.4 is 16.4 Å². The van der Waals surface area contributed by atoms with Crippen molar-refractivity contribution in [3.05, 3.63) is 53.9 Å². The molecule has 0 aliphatic carbocycles. The van der Waals surface area contributed by atoms with Crippen LogP contribution in [0.5, 0.6) is 0 Å². The Morgan fingerprint density at radius 1 is 1.32 bits per heavy atom. The van der Waals surface area contributed by atoms with Gasteiger partial charge in [-0.1, -0.05) is 12.1 Å². The number of H-pyrrole nitrogens is 1. The first-order valence-electron chi connectivity index (χ1n) is 6.17. The quantitative estimate of drug-likeness (QED) is 0.664. The van der Waals surface area contributed by atoms with E-state index in [4.69, 9.17) is 5.73 Å². The van der Waals surface area contributed by atoms with E-state index < -0.39 is 6.03 Å². The van der Waals surface area contributed by atoms with Crippen molar-refractivity contribution in [2.75, 3.05) is 5.32 Å². The Balaban J connectivity index is 1.91. The van der Waals surface area contributed by atoms with Gasteiger partial charge in [-0.15, -0.1) is 0 Å². The standard InChI is InChI=1S/C14H18N4O/c1-10(17-9-13-3-2-8-16-13)11-4-6-12(7-5-11)18-14(15)19/h2-8,10,16-17H,9H2,1H3,(H3,15,18,19). The van der Waals surface area contributed by atoms with E-state index in [1.165, 1.54) is 0 Å². The summed E-state index contributed by atoms with van der Waals surface area (Å²) in [5.74, 6) is 0. The maximum absolute atomic E-state index is 10.7. The molecule has 0 radical (unpaired) electrons. The Morgan fingerprint density at radius 2 is 2.05 bits per heavy atom. The van der Waals surface area contributed by atoms with E-state index in [0.717, 1.165) is 17.8 Å². The fraction of sp³-hybridized carbons (Fsp3) is 0.214. The van der Waals surface area contributed by atoms with E-state index in [-0.39, 0.29) is 6.04 Å². The molecule has 0 fully saturated rings. The molecule has 1 aromatic heterocycles. The van der Waals surface area contributed by atoms with Crippen molar-refractivity contribution < 1.29 is 4.79 Å². The number of hydrogen-bond donors (Lipinski definition) is 4. The summed E-state index contributed by atoms with van der Waals surface area (Å²) in [6.45, 7) is 2.88. The van der Waals surface area contributed by atoms with E-state index in [0.29, 0.717) is 5.69 Å². The summed E-state index contributed by atoms with van der Waals surface area (Å²) in [5, 5.41) is 5.96. The number of carbonyl (C=O) groups is 1. The zero-order valence-electron chi connectivity index (χ0n) is 10.8. The number of amides is 2. The molecule has 0 aliphatic rings. The van der Waals surface area contributed by atoms with Crippen molar-refractivity contribution in [3.8, 4) is 0 Å². The molecule has 2 rings (SSSR count). The number of hydrogen-bond acceptors (Lipinski definition) is 2. The van der Waals surface area contributed by atoms with Gasteiger partial charge in [0.15, 0.2) is 0 Å². The number of benzene rings is 1. The zero-order valence-corrected chi connectivity index (χ0v) is 10.8. The molecule has 5 heteroatoms. The predicted molar refractivity (Wildman–Crippen MR) is 75.7 cm³/mol. The van der Waals surface area contributed by atoms with Gasteiger partial charge in [-0.25, -0.2) is 4.79 Å². The van der Waals surface area contributed by atoms with Crippen LogP contribution in [0.3, 0.4) is 0 Å². The lowest BCUT2D eigenvalue weighted by Crippen LogP contribution is -2.20. The molecule has 19 heavy (non-hydrogen) atoms. The summed E-state index contributed by atoms with van der Waals surface area (Å²) >= 11 is 0. The van der Waals surface area contributed by atoms with Crippen molar-refractivity contribution in [2.45, 2.75) is 19.5 Å². The minimum atomic E-state index is -0.550. The summed E-state index contributed by atoms with van der Waals surface area (Å²) in [6.07, 6.45) is 1.91. The van der Waals surface area contributed by atoms with Crippen molar-refractivity contribution in [2.24, 2.45) is 5.73 Å². The summed E-state index contributed by atoms with van der Waals surface area (Å²) in [4.78, 5) is 13.9. The Bertz CT molecular complexity index is 519. The summed E-state index contributed by atoms with van der Waals surface area (Å²) in [7, 11) is 0. The van der Waals surface area contributed by atoms with Crippen molar-refractivity contribution in [1.29, 1.82) is 0 Å². The molecule has 5 N–H and O–H groups in total. The van der Waals surface area contributed by atoms with Gasteiger partial charge in [0.25, 0.3) is 0 Å². The SMILES string of the molecule is CC(NCc1ccc[nH]1)c1ccc(NC(N)=O)cc1. The van der Waals surface area contributed by atoms with E-state index in [9.17, 15) is 4.79 Å². The third-order valence-electron chi connectivity index (χ3n) is 2.94. The zero-order chi connectivity index (χ0) is 13.7. The number of nitrogens with one attached hydrogen (secondary N) is 3. The second kappa shape index (κ2) is 6.06. The largest absolute Gasteiger partial charge is 0.364 e. The molecule has 1 aromatic carbocycles. The molecule has 0 spiro atoms. The minimum absolute atomic E-state index is 0.228. The smallest absolute Gasteiger partial charge is 0.316 e. The number of nitrogens with two attached hydrogens (primary N) is 1. The van der Waals surface area contributed by atoms with Crippen molar-refractivity contribution in [1.82, 2.24) is 10.3 Å². The maximum atomic E-state index is 10.7. The van der Waals surface area contributed by atoms with Gasteiger partial charge < -0.3 is 21.4 Å². The van der Waals surface area contributed by atoms with Gasteiger partial charge in [0.2, 0.25) is 0 Å². The third kappa shape index (κ3) is 3.86. The number of aromatic amines is 1. The van der Waals surface area contributed by atoms with Gasteiger partial charge in [0, 0.05) is 30.2 Å². The number of urea groups is 1. The van der Waals surface area contributed by atoms with Crippen molar-refractivity contribution in [3.63, 3.8) is 0 Å². The molecule has 2 aromatic rings. The summed E-state index contributed by atoms with van der Waals surface area (Å²) < 4.78 is 0. The Hall–Kier alpha value is -2.27. The summed E-state index contributed by atoms with van der Waals surface area (Å²) in [6, 6.07) is 11.3. The van der Waals surface area contributed by atoms with E-state index in [2.05, 4.69) is 22.5 Å². The van der Waals surface area contributed by atoms with Crippen molar-refractivity contribution >= 4 is 11.7 Å². The van der Waals surface area contributed by atoms with Crippen LogP contribution in [0, 0.1) is 0 Å². The van der Waals surface area contributed by atoms with Crippen LogP contribution in [0.1, 0.15) is 24.2 Å². The third-order valence-corrected chi connectivity index (χ3v) is 2.94. The van der Waals surface area contributed by atoms with Crippen LogP contribution >= 0.6 is 0 Å². The Kier molecular flexibility index (Phi) is 4.20. The van der Waals surface area contributed by atoms with Crippen LogP contribution in [0.25, 0.3) is 0 Å². The van der Waals surface area contributed by atoms with Crippen LogP contribution in [0.15, 0.2) is 42.6 Å². The van der Waals surface area contributed by atoms with Gasteiger partial charge in [0.1, 0.15) is 0 Å². The van der Waals surface area contributed by atoms with Crippen LogP contribution in [0.2, 0.25) is 0 Å². The molecule has 0 aliphatic heterocycles. The molecule has 5 nitrogen and oxygen atoms in total. The van der Waals surface area contributed by atoms with Gasteiger partial charge in [-0.3, -0.25) is 0 Å². The first-order chi connectivity index (χ1) is 9.15. The normalized spacial score (nSPS) is 12.1. The first-order valence-corrected chi connectivity index (χ1v) is 6.17. The molecule has 1 atom stereocenters. The minimum Gasteiger partial charge on any atom is -0.364 e. The second-order valence-electron chi connectivity index (χ2n) is 4.41. The van der Waals surface area contributed by atoms with Crippen LogP contribution in [-0.4, -0.2) is 11.0 Å². The molecule has 100 valence electrons. The molecule has 0 saturated heterocycles. The average molecular weight is 258 g/mol. The number of rotatable bonds is 5. The summed E-state index contributed by atoms with van der Waals surface area (Å²) in [5.41, 5.74) is 8.07. The fourth-order valence-corrected chi connectivity index (χ4v) is 1.86. The maximum Gasteiger partial charge on any atom is 0.316 e. The highest BCUT2D eigenvalue weighted by Gasteiger charge is 2.05. The van der Waals surface area contributed by atoms with Gasteiger partial charge in [-0.05, 0) is 36.8 Å². The van der Waals surface area contributed by atoms with Gasteiger partial charge >= 0.3 is 6.03 Å². The topological polar surface area (TPSA) is 82.9 Å². The molecule has 1 heterocycles. The van der Waals surface area contributed by atoms with E-state index in [1.54, 1.807) is 0 Å². The Morgan fingerprint density at radius 3 is 2.63 bits per heavy atom. The number of anilines is 1. The number of primary amides is 1. The predicted octanol–water partition coefficient (Wildman–Crippen LogP) is 2.36. The molecular weight excluding hydrogens is 240 g/mol. The lowest BCUT2D eigenvalue weighted by Gasteiger charge is -2.14.